The molecule has 2 aromatic rings. The summed E-state index contributed by atoms with van der Waals surface area (Å²) in [5.41, 5.74) is 1.48. The number of hydrogen-bond donors (Lipinski definition) is 0. The van der Waals surface area contributed by atoms with E-state index < -0.39 is 4.92 Å². The molecule has 5 heteroatoms. The number of benzene rings is 2. The van der Waals surface area contributed by atoms with Crippen LogP contribution in [-0.4, -0.2) is 17.3 Å². The lowest BCUT2D eigenvalue weighted by Crippen LogP contribution is -2.13. The first kappa shape index (κ1) is 14.7. The molecule has 0 bridgehead atoms. The Morgan fingerprint density at radius 3 is 2.52 bits per heavy atom. The highest BCUT2D eigenvalue weighted by molar-refractivity contribution is 5.82. The van der Waals surface area contributed by atoms with Crippen LogP contribution < -0.4 is 4.74 Å². The number of nitrogens with zero attached hydrogens (tertiary/aromatic N) is 1. The van der Waals surface area contributed by atoms with Crippen molar-refractivity contribution in [1.82, 2.24) is 0 Å². The molecule has 0 aliphatic carbocycles. The Hall–Kier alpha value is -2.69. The number of carbonyl (C=O) groups excluding carboxylic acids is 1. The standard InChI is InChI=1S/C16H15NO4/c1-12-9-15(7-8-16(12)17(19)20)21-11-14(18)10-13-5-3-2-4-6-13/h2-9H,10-11H2,1H3. The molecule has 0 aliphatic heterocycles. The zero-order valence-corrected chi connectivity index (χ0v) is 11.6. The van der Waals surface area contributed by atoms with E-state index in [1.54, 1.807) is 13.0 Å². The van der Waals surface area contributed by atoms with E-state index in [1.165, 1.54) is 12.1 Å². The Balaban J connectivity index is 1.92. The average molecular weight is 285 g/mol. The van der Waals surface area contributed by atoms with Gasteiger partial charge in [0.25, 0.3) is 5.69 Å². The van der Waals surface area contributed by atoms with Crippen LogP contribution >= 0.6 is 0 Å². The van der Waals surface area contributed by atoms with Crippen LogP contribution in [0.3, 0.4) is 0 Å². The van der Waals surface area contributed by atoms with Gasteiger partial charge in [-0.2, -0.15) is 0 Å². The van der Waals surface area contributed by atoms with Crippen LogP contribution in [-0.2, 0) is 11.2 Å². The van der Waals surface area contributed by atoms with Crippen molar-refractivity contribution in [3.8, 4) is 5.75 Å². The second kappa shape index (κ2) is 6.65. The third-order valence-electron chi connectivity index (χ3n) is 3.01. The quantitative estimate of drug-likeness (QED) is 0.604. The number of Topliss-reactive ketones (excluding diaryl/α,β-unsaturated/α-hetero) is 1. The van der Waals surface area contributed by atoms with Crippen LogP contribution in [0.4, 0.5) is 5.69 Å². The fraction of sp³-hybridized carbons (Fsp3) is 0.188. The Bertz CT molecular complexity index is 653. The number of rotatable bonds is 6. The lowest BCUT2D eigenvalue weighted by molar-refractivity contribution is -0.385. The Kier molecular flexibility index (Phi) is 4.66. The maximum atomic E-state index is 11.8. The second-order valence-electron chi connectivity index (χ2n) is 4.70. The van der Waals surface area contributed by atoms with Crippen molar-refractivity contribution in [1.29, 1.82) is 0 Å². The summed E-state index contributed by atoms with van der Waals surface area (Å²) in [6.07, 6.45) is 0.312. The molecule has 21 heavy (non-hydrogen) atoms. The van der Waals surface area contributed by atoms with Gasteiger partial charge in [-0.25, -0.2) is 0 Å². The summed E-state index contributed by atoms with van der Waals surface area (Å²) in [5, 5.41) is 10.7. The molecular weight excluding hydrogens is 270 g/mol. The van der Waals surface area contributed by atoms with Gasteiger partial charge in [0.2, 0.25) is 0 Å². The van der Waals surface area contributed by atoms with E-state index in [1.807, 2.05) is 30.3 Å². The molecule has 0 unspecified atom stereocenters. The third-order valence-corrected chi connectivity index (χ3v) is 3.01. The molecule has 0 amide bonds. The predicted molar refractivity (Wildman–Crippen MR) is 78.5 cm³/mol. The molecule has 0 radical (unpaired) electrons. The van der Waals surface area contributed by atoms with Crippen molar-refractivity contribution < 1.29 is 14.5 Å². The minimum absolute atomic E-state index is 0.0398. The van der Waals surface area contributed by atoms with Crippen molar-refractivity contribution in [3.63, 3.8) is 0 Å². The number of nitro groups is 1. The first-order valence-electron chi connectivity index (χ1n) is 6.50. The van der Waals surface area contributed by atoms with Gasteiger partial charge in [-0.1, -0.05) is 30.3 Å². The van der Waals surface area contributed by atoms with Gasteiger partial charge in [0.1, 0.15) is 12.4 Å². The molecule has 2 rings (SSSR count). The highest BCUT2D eigenvalue weighted by Crippen LogP contribution is 2.23. The van der Waals surface area contributed by atoms with Crippen molar-refractivity contribution in [2.45, 2.75) is 13.3 Å². The van der Waals surface area contributed by atoms with Crippen LogP contribution in [0.1, 0.15) is 11.1 Å². The topological polar surface area (TPSA) is 69.4 Å². The Morgan fingerprint density at radius 2 is 1.90 bits per heavy atom. The second-order valence-corrected chi connectivity index (χ2v) is 4.70. The molecule has 5 nitrogen and oxygen atoms in total. The van der Waals surface area contributed by atoms with E-state index in [4.69, 9.17) is 4.74 Å². The lowest BCUT2D eigenvalue weighted by atomic mass is 10.1. The van der Waals surface area contributed by atoms with Gasteiger partial charge in [-0.15, -0.1) is 0 Å². The average Bonchev–Trinajstić information content (AvgIpc) is 2.46. The van der Waals surface area contributed by atoms with E-state index >= 15 is 0 Å². The zero-order chi connectivity index (χ0) is 15.2. The van der Waals surface area contributed by atoms with Crippen molar-refractivity contribution in [3.05, 3.63) is 69.8 Å². The maximum absolute atomic E-state index is 11.8. The molecule has 0 N–H and O–H groups in total. The summed E-state index contributed by atoms with van der Waals surface area (Å²) < 4.78 is 5.38. The largest absolute Gasteiger partial charge is 0.486 e. The number of aryl methyl sites for hydroxylation is 1. The highest BCUT2D eigenvalue weighted by atomic mass is 16.6. The van der Waals surface area contributed by atoms with Crippen LogP contribution in [0.15, 0.2) is 48.5 Å². The summed E-state index contributed by atoms with van der Waals surface area (Å²) in [7, 11) is 0. The number of carbonyl (C=O) groups is 1. The molecule has 0 fully saturated rings. The molecule has 108 valence electrons. The summed E-state index contributed by atoms with van der Waals surface area (Å²) >= 11 is 0. The first-order valence-corrected chi connectivity index (χ1v) is 6.50. The van der Waals surface area contributed by atoms with Gasteiger partial charge >= 0.3 is 0 Å². The Labute approximate surface area is 122 Å². The van der Waals surface area contributed by atoms with E-state index in [2.05, 4.69) is 0 Å². The molecular formula is C16H15NO4. The summed E-state index contributed by atoms with van der Waals surface area (Å²) in [6.45, 7) is 1.59. The van der Waals surface area contributed by atoms with Gasteiger partial charge < -0.3 is 4.74 Å². The fourth-order valence-corrected chi connectivity index (χ4v) is 1.96. The van der Waals surface area contributed by atoms with E-state index in [0.717, 1.165) is 5.56 Å². The maximum Gasteiger partial charge on any atom is 0.272 e. The number of ketones is 1. The van der Waals surface area contributed by atoms with Crippen molar-refractivity contribution in [2.24, 2.45) is 0 Å². The third kappa shape index (κ3) is 4.14. The molecule has 0 heterocycles. The van der Waals surface area contributed by atoms with Gasteiger partial charge in [-0.3, -0.25) is 14.9 Å². The molecule has 0 spiro atoms. The van der Waals surface area contributed by atoms with Gasteiger partial charge in [0.05, 0.1) is 4.92 Å². The predicted octanol–water partition coefficient (Wildman–Crippen LogP) is 3.09. The van der Waals surface area contributed by atoms with Gasteiger partial charge in [0.15, 0.2) is 5.78 Å². The van der Waals surface area contributed by atoms with E-state index in [-0.39, 0.29) is 18.1 Å². The molecule has 0 saturated carbocycles. The smallest absolute Gasteiger partial charge is 0.272 e. The molecule has 0 aliphatic rings. The lowest BCUT2D eigenvalue weighted by Gasteiger charge is -2.06. The van der Waals surface area contributed by atoms with Crippen LogP contribution in [0.25, 0.3) is 0 Å². The fourth-order valence-electron chi connectivity index (χ4n) is 1.96. The summed E-state index contributed by atoms with van der Waals surface area (Å²) in [5.74, 6) is 0.414. The monoisotopic (exact) mass is 285 g/mol. The van der Waals surface area contributed by atoms with Crippen molar-refractivity contribution >= 4 is 11.5 Å². The summed E-state index contributed by atoms with van der Waals surface area (Å²) in [6, 6.07) is 13.9. The molecule has 2 aromatic carbocycles. The van der Waals surface area contributed by atoms with Crippen LogP contribution in [0.5, 0.6) is 5.75 Å². The Morgan fingerprint density at radius 1 is 1.19 bits per heavy atom. The molecule has 0 atom stereocenters. The first-order chi connectivity index (χ1) is 10.1. The van der Waals surface area contributed by atoms with E-state index in [0.29, 0.717) is 17.7 Å². The number of nitro benzene ring substituents is 1. The van der Waals surface area contributed by atoms with Gasteiger partial charge in [0, 0.05) is 18.1 Å². The van der Waals surface area contributed by atoms with Gasteiger partial charge in [-0.05, 0) is 24.6 Å². The van der Waals surface area contributed by atoms with Crippen LogP contribution in [0, 0.1) is 17.0 Å². The minimum atomic E-state index is -0.445. The number of hydrogen-bond acceptors (Lipinski definition) is 4. The summed E-state index contributed by atoms with van der Waals surface area (Å²) in [4.78, 5) is 22.1. The molecule has 0 saturated heterocycles. The highest BCUT2D eigenvalue weighted by Gasteiger charge is 2.11. The minimum Gasteiger partial charge on any atom is -0.486 e. The van der Waals surface area contributed by atoms with Crippen LogP contribution in [0.2, 0.25) is 0 Å². The molecule has 0 aromatic heterocycles. The normalized spacial score (nSPS) is 10.1. The number of ether oxygens (including phenoxy) is 1. The SMILES string of the molecule is Cc1cc(OCC(=O)Cc2ccccc2)ccc1[N+](=O)[O-]. The zero-order valence-electron chi connectivity index (χ0n) is 11.6. The van der Waals surface area contributed by atoms with E-state index in [9.17, 15) is 14.9 Å². The van der Waals surface area contributed by atoms with Crippen molar-refractivity contribution in [2.75, 3.05) is 6.61 Å².